The molecule has 0 aromatic carbocycles. The average Bonchev–Trinajstić information content (AvgIpc) is 3.61. The standard InChI is InChI=1S/C74H122NO8P/c1-6-8-10-12-14-16-18-20-22-24-26-27-28-29-30-31-32-33-34-35-36-37-38-39-40-41-42-43-44-45-46-47-49-51-53-55-57-59-61-63-65-67-74(77)83-72(71-82-84(78,79)81-69-68-75(3,4)5)70-80-73(76)66-64-62-60-58-56-54-52-50-48-25-23-21-19-17-15-13-11-9-7-2/h8-11,14-17,20-23,26-27,29-30,32-33,35-36,38-39,48,50,54,56,72H,6-7,12-13,18-19,24-25,28,31,34,37,40-47,49,51-53,55,57-71H2,1-5H3/b10-8-,11-9-,16-14-,17-15-,22-20-,23-21-,27-26-,30-29-,33-32-,36-35-,39-38-,50-48-,56-54-. The third kappa shape index (κ3) is 66.8. The second-order valence-electron chi connectivity index (χ2n) is 22.7. The first-order valence-electron chi connectivity index (χ1n) is 33.2. The van der Waals surface area contributed by atoms with Crippen molar-refractivity contribution in [1.82, 2.24) is 0 Å². The number of phosphoric ester groups is 1. The summed E-state index contributed by atoms with van der Waals surface area (Å²) in [5.74, 6) is -0.877. The molecule has 0 aromatic heterocycles. The number of ether oxygens (including phenoxy) is 2. The van der Waals surface area contributed by atoms with Crippen LogP contribution < -0.4 is 4.89 Å². The lowest BCUT2D eigenvalue weighted by atomic mass is 10.0. The van der Waals surface area contributed by atoms with Crippen molar-refractivity contribution in [2.75, 3.05) is 47.5 Å². The van der Waals surface area contributed by atoms with Crippen LogP contribution in [0.2, 0.25) is 0 Å². The van der Waals surface area contributed by atoms with Crippen LogP contribution in [-0.2, 0) is 32.7 Å². The number of likely N-dealkylation sites (N-methyl/N-ethyl adjacent to an activating group) is 1. The van der Waals surface area contributed by atoms with E-state index >= 15 is 0 Å². The lowest BCUT2D eigenvalue weighted by Crippen LogP contribution is -2.37. The molecule has 0 N–H and O–H groups in total. The van der Waals surface area contributed by atoms with Crippen LogP contribution >= 0.6 is 7.82 Å². The summed E-state index contributed by atoms with van der Waals surface area (Å²) < 4.78 is 34.2. The van der Waals surface area contributed by atoms with Crippen LogP contribution in [0, 0.1) is 0 Å². The molecule has 0 aliphatic carbocycles. The Morgan fingerprint density at radius 2 is 0.643 bits per heavy atom. The van der Waals surface area contributed by atoms with Gasteiger partial charge in [0.2, 0.25) is 0 Å². The molecule has 0 heterocycles. The van der Waals surface area contributed by atoms with Crippen molar-refractivity contribution in [2.45, 2.75) is 251 Å². The third-order valence-electron chi connectivity index (χ3n) is 13.5. The van der Waals surface area contributed by atoms with Gasteiger partial charge in [-0.1, -0.05) is 268 Å². The summed E-state index contributed by atoms with van der Waals surface area (Å²) in [4.78, 5) is 37.9. The zero-order valence-corrected chi connectivity index (χ0v) is 54.9. The Morgan fingerprint density at radius 1 is 0.369 bits per heavy atom. The Balaban J connectivity index is 4.06. The Kier molecular flexibility index (Phi) is 59.9. The van der Waals surface area contributed by atoms with Crippen LogP contribution in [-0.4, -0.2) is 70.0 Å². The molecule has 10 heteroatoms. The molecule has 476 valence electrons. The fourth-order valence-electron chi connectivity index (χ4n) is 8.52. The van der Waals surface area contributed by atoms with Gasteiger partial charge in [0.15, 0.2) is 6.10 Å². The summed E-state index contributed by atoms with van der Waals surface area (Å²) in [6.45, 7) is 3.96. The van der Waals surface area contributed by atoms with E-state index in [0.29, 0.717) is 23.9 Å². The number of hydrogen-bond donors (Lipinski definition) is 0. The summed E-state index contributed by atoms with van der Waals surface area (Å²) in [7, 11) is 1.13. The maximum absolute atomic E-state index is 12.8. The first-order valence-corrected chi connectivity index (χ1v) is 34.7. The van der Waals surface area contributed by atoms with Gasteiger partial charge < -0.3 is 27.9 Å². The average molecular weight is 1180 g/mol. The van der Waals surface area contributed by atoms with Crippen LogP contribution in [0.3, 0.4) is 0 Å². The summed E-state index contributed by atoms with van der Waals surface area (Å²) >= 11 is 0. The molecule has 0 spiro atoms. The van der Waals surface area contributed by atoms with Gasteiger partial charge in [0.25, 0.3) is 7.82 Å². The predicted molar refractivity (Wildman–Crippen MR) is 360 cm³/mol. The summed E-state index contributed by atoms with van der Waals surface area (Å²) in [6, 6.07) is 0. The van der Waals surface area contributed by atoms with E-state index in [2.05, 4.69) is 172 Å². The molecular weight excluding hydrogens is 1060 g/mol. The predicted octanol–water partition coefficient (Wildman–Crippen LogP) is 21.0. The number of nitrogens with zero attached hydrogens (tertiary/aromatic N) is 1. The van der Waals surface area contributed by atoms with Gasteiger partial charge in [-0.05, 0) is 122 Å². The molecule has 9 nitrogen and oxygen atoms in total. The smallest absolute Gasteiger partial charge is 0.306 e. The molecular formula is C74H122NO8P. The van der Waals surface area contributed by atoms with Crippen molar-refractivity contribution in [1.29, 1.82) is 0 Å². The Labute approximate surface area is 516 Å². The summed E-state index contributed by atoms with van der Waals surface area (Å²) in [5.41, 5.74) is 0. The van der Waals surface area contributed by atoms with E-state index in [1.54, 1.807) is 0 Å². The van der Waals surface area contributed by atoms with Crippen LogP contribution in [0.1, 0.15) is 245 Å². The van der Waals surface area contributed by atoms with Crippen molar-refractivity contribution < 1.29 is 42.1 Å². The van der Waals surface area contributed by atoms with Crippen LogP contribution in [0.5, 0.6) is 0 Å². The van der Waals surface area contributed by atoms with Gasteiger partial charge in [-0.25, -0.2) is 0 Å². The maximum atomic E-state index is 12.8. The van der Waals surface area contributed by atoms with E-state index in [1.807, 2.05) is 21.1 Å². The highest BCUT2D eigenvalue weighted by molar-refractivity contribution is 7.45. The molecule has 0 saturated heterocycles. The molecule has 0 aliphatic heterocycles. The highest BCUT2D eigenvalue weighted by Crippen LogP contribution is 2.38. The van der Waals surface area contributed by atoms with E-state index in [1.165, 1.54) is 83.5 Å². The molecule has 2 atom stereocenters. The lowest BCUT2D eigenvalue weighted by Gasteiger charge is -2.28. The van der Waals surface area contributed by atoms with Gasteiger partial charge in [-0.3, -0.25) is 14.2 Å². The molecule has 0 amide bonds. The number of carbonyl (C=O) groups is 2. The summed E-state index contributed by atoms with van der Waals surface area (Å²) in [5, 5.41) is 0. The number of phosphoric acid groups is 1. The molecule has 0 aromatic rings. The number of esters is 2. The van der Waals surface area contributed by atoms with Crippen LogP contribution in [0.15, 0.2) is 158 Å². The van der Waals surface area contributed by atoms with E-state index < -0.39 is 32.5 Å². The molecule has 0 fully saturated rings. The van der Waals surface area contributed by atoms with E-state index in [-0.39, 0.29) is 26.1 Å². The highest BCUT2D eigenvalue weighted by Gasteiger charge is 2.22. The van der Waals surface area contributed by atoms with Gasteiger partial charge in [-0.15, -0.1) is 0 Å². The third-order valence-corrected chi connectivity index (χ3v) is 14.5. The topological polar surface area (TPSA) is 111 Å². The van der Waals surface area contributed by atoms with Crippen molar-refractivity contribution in [2.24, 2.45) is 0 Å². The van der Waals surface area contributed by atoms with E-state index in [0.717, 1.165) is 122 Å². The van der Waals surface area contributed by atoms with Crippen molar-refractivity contribution >= 4 is 19.8 Å². The molecule has 0 aliphatic rings. The first-order chi connectivity index (χ1) is 41.0. The fraction of sp³-hybridized carbons (Fsp3) is 0.622. The molecule has 0 radical (unpaired) electrons. The van der Waals surface area contributed by atoms with Crippen LogP contribution in [0.25, 0.3) is 0 Å². The molecule has 0 saturated carbocycles. The maximum Gasteiger partial charge on any atom is 0.306 e. The van der Waals surface area contributed by atoms with Crippen molar-refractivity contribution in [3.05, 3.63) is 158 Å². The van der Waals surface area contributed by atoms with Gasteiger partial charge >= 0.3 is 11.9 Å². The quantitative estimate of drug-likeness (QED) is 0.0195. The minimum Gasteiger partial charge on any atom is -0.756 e. The number of allylic oxidation sites excluding steroid dienone is 26. The Hall–Kier alpha value is -4.37. The number of unbranched alkanes of at least 4 members (excludes halogenated alkanes) is 19. The van der Waals surface area contributed by atoms with Crippen LogP contribution in [0.4, 0.5) is 0 Å². The SMILES string of the molecule is CC/C=C\C/C=C\C/C=C\C/C=C\C/C=C\C/C=C\C/C=C\C/C=C\CCCCCCCCCCCCCCCCCCC(=O)OC(COC(=O)CCCCC/C=C\C/C=C\C/C=C\C/C=C\C/C=C\CC)COP(=O)([O-])OCC[N+](C)(C)C. The van der Waals surface area contributed by atoms with Gasteiger partial charge in [0.05, 0.1) is 27.7 Å². The summed E-state index contributed by atoms with van der Waals surface area (Å²) in [6.07, 6.45) is 94.6. The fourth-order valence-corrected chi connectivity index (χ4v) is 9.25. The molecule has 84 heavy (non-hydrogen) atoms. The Morgan fingerprint density at radius 3 is 0.964 bits per heavy atom. The number of hydrogen-bond acceptors (Lipinski definition) is 8. The number of carbonyl (C=O) groups excluding carboxylic acids is 2. The van der Waals surface area contributed by atoms with Gasteiger partial charge in [0.1, 0.15) is 19.8 Å². The minimum absolute atomic E-state index is 0.0432. The minimum atomic E-state index is -4.66. The highest BCUT2D eigenvalue weighted by atomic mass is 31.2. The lowest BCUT2D eigenvalue weighted by molar-refractivity contribution is -0.870. The largest absolute Gasteiger partial charge is 0.756 e. The van der Waals surface area contributed by atoms with E-state index in [9.17, 15) is 19.0 Å². The zero-order chi connectivity index (χ0) is 61.2. The monoisotopic (exact) mass is 1180 g/mol. The number of rotatable bonds is 59. The van der Waals surface area contributed by atoms with Gasteiger partial charge in [-0.2, -0.15) is 0 Å². The van der Waals surface area contributed by atoms with E-state index in [4.69, 9.17) is 18.5 Å². The molecule has 2 unspecified atom stereocenters. The molecule has 0 rings (SSSR count). The van der Waals surface area contributed by atoms with Crippen molar-refractivity contribution in [3.8, 4) is 0 Å². The van der Waals surface area contributed by atoms with Gasteiger partial charge in [0, 0.05) is 12.8 Å². The number of quaternary nitrogens is 1. The molecule has 0 bridgehead atoms. The van der Waals surface area contributed by atoms with Crippen molar-refractivity contribution in [3.63, 3.8) is 0 Å². The Bertz CT molecular complexity index is 1970. The first kappa shape index (κ1) is 79.6. The second kappa shape index (κ2) is 63.1. The second-order valence-corrected chi connectivity index (χ2v) is 24.1. The normalized spacial score (nSPS) is 14.2. The zero-order valence-electron chi connectivity index (χ0n) is 54.0.